The van der Waals surface area contributed by atoms with Gasteiger partial charge in [0.05, 0.1) is 35.7 Å². The van der Waals surface area contributed by atoms with E-state index in [0.29, 0.717) is 25.0 Å². The van der Waals surface area contributed by atoms with Gasteiger partial charge >= 0.3 is 0 Å². The van der Waals surface area contributed by atoms with E-state index in [2.05, 4.69) is 231 Å². The zero-order chi connectivity index (χ0) is 57.5. The summed E-state index contributed by atoms with van der Waals surface area (Å²) < 4.78 is 21.8. The third kappa shape index (κ3) is 13.5. The summed E-state index contributed by atoms with van der Waals surface area (Å²) in [5.74, 6) is 1.29. The molecule has 0 aliphatic carbocycles. The second kappa shape index (κ2) is 28.3. The van der Waals surface area contributed by atoms with Crippen LogP contribution in [-0.4, -0.2) is 41.9 Å². The van der Waals surface area contributed by atoms with Crippen LogP contribution >= 0.6 is 0 Å². The van der Waals surface area contributed by atoms with Gasteiger partial charge in [0.2, 0.25) is 11.8 Å². The fourth-order valence-corrected chi connectivity index (χ4v) is 11.9. The maximum Gasteiger partial charge on any atom is 0.240 e. The van der Waals surface area contributed by atoms with Crippen molar-refractivity contribution in [3.8, 4) is 45.4 Å². The lowest BCUT2D eigenvalue weighted by Crippen LogP contribution is -2.00. The number of ether oxygens (including phenoxy) is 2. The van der Waals surface area contributed by atoms with Gasteiger partial charge in [0.1, 0.15) is 0 Å². The summed E-state index contributed by atoms with van der Waals surface area (Å²) >= 11 is 0. The van der Waals surface area contributed by atoms with E-state index in [-0.39, 0.29) is 0 Å². The molecule has 8 nitrogen and oxygen atoms in total. The van der Waals surface area contributed by atoms with Crippen LogP contribution in [0.2, 0.25) is 0 Å². The number of rotatable bonds is 30. The van der Waals surface area contributed by atoms with E-state index in [1.54, 1.807) is 0 Å². The highest BCUT2D eigenvalue weighted by Gasteiger charge is 2.16. The predicted octanol–water partition coefficient (Wildman–Crippen LogP) is 21.0. The van der Waals surface area contributed by atoms with Crippen molar-refractivity contribution in [2.45, 2.75) is 144 Å². The number of fused-ring (bicyclic) bond motifs is 6. The summed E-state index contributed by atoms with van der Waals surface area (Å²) in [4.78, 5) is 0. The number of hydrogen-bond donors (Lipinski definition) is 0. The summed E-state index contributed by atoms with van der Waals surface area (Å²) in [5, 5.41) is 15.3. The lowest BCUT2D eigenvalue weighted by Gasteiger charge is -2.08. The molecule has 8 heteroatoms. The van der Waals surface area contributed by atoms with Crippen LogP contribution in [0.4, 0.5) is 0 Å². The van der Waals surface area contributed by atoms with Crippen molar-refractivity contribution >= 4 is 67.9 Å². The molecule has 11 aromatic rings. The second-order valence-corrected chi connectivity index (χ2v) is 22.8. The number of unbranched alkanes of at least 4 members (excludes halogenated alkanes) is 12. The monoisotopic (exact) mass is 1110 g/mol. The minimum atomic E-state index is 0.635. The molecule has 0 atom stereocenters. The number of para-hydroxylation sites is 2. The highest BCUT2D eigenvalue weighted by molar-refractivity contribution is 6.10. The molecule has 84 heavy (non-hydrogen) atoms. The Kier molecular flexibility index (Phi) is 19.3. The van der Waals surface area contributed by atoms with Gasteiger partial charge in [0.25, 0.3) is 0 Å². The number of aromatic nitrogens is 6. The molecule has 11 rings (SSSR count). The van der Waals surface area contributed by atoms with Crippen LogP contribution < -0.4 is 9.47 Å². The first-order chi connectivity index (χ1) is 41.5. The molecule has 4 heterocycles. The van der Waals surface area contributed by atoms with E-state index < -0.39 is 0 Å². The van der Waals surface area contributed by atoms with Gasteiger partial charge in [0.15, 0.2) is 0 Å². The molecule has 0 aliphatic rings. The van der Waals surface area contributed by atoms with Crippen LogP contribution in [0, 0.1) is 0 Å². The maximum absolute atomic E-state index is 6.41. The standard InChI is InChI=1S/C76H84N6O2/c1-5-9-13-21-49-79-71-27-19-17-25-67(71)69-53-61(41-47-73(69)79)59-37-43-65(44-38-59)81-55-63(75(77-81)83-51-23-15-11-7-3)35-33-57-29-31-58(32-30-57)34-36-64-56-82(78-76(64)84-52-24-16-12-8-4)66-45-39-60(40-46-66)62-42-48-74-70(54-62)68-26-18-20-28-72(68)80(74)50-22-14-10-6-2/h17-20,25-48,53-56H,5-16,21-24,49-52H2,1-4H3/b35-33+,36-34+. The first kappa shape index (κ1) is 57.5. The van der Waals surface area contributed by atoms with E-state index >= 15 is 0 Å². The van der Waals surface area contributed by atoms with Crippen LogP contribution in [0.5, 0.6) is 11.8 Å². The molecule has 430 valence electrons. The van der Waals surface area contributed by atoms with Crippen LogP contribution in [0.25, 0.3) is 102 Å². The van der Waals surface area contributed by atoms with Gasteiger partial charge in [-0.2, -0.15) is 0 Å². The van der Waals surface area contributed by atoms with Crippen molar-refractivity contribution in [2.75, 3.05) is 13.2 Å². The lowest BCUT2D eigenvalue weighted by molar-refractivity contribution is 0.291. The van der Waals surface area contributed by atoms with Gasteiger partial charge in [-0.1, -0.05) is 214 Å². The summed E-state index contributed by atoms with van der Waals surface area (Å²) in [6.07, 6.45) is 31.8. The Bertz CT molecular complexity index is 3700. The van der Waals surface area contributed by atoms with Crippen molar-refractivity contribution in [1.82, 2.24) is 28.7 Å². The van der Waals surface area contributed by atoms with Crippen LogP contribution in [0.15, 0.2) is 170 Å². The normalized spacial score (nSPS) is 12.0. The fraction of sp³-hybridized carbons (Fsp3) is 0.316. The Morgan fingerprint density at radius 3 is 1.12 bits per heavy atom. The minimum Gasteiger partial charge on any atom is -0.476 e. The van der Waals surface area contributed by atoms with Crippen LogP contribution in [0.1, 0.15) is 153 Å². The van der Waals surface area contributed by atoms with E-state index in [1.165, 1.54) is 143 Å². The fourth-order valence-electron chi connectivity index (χ4n) is 11.9. The highest BCUT2D eigenvalue weighted by atomic mass is 16.5. The summed E-state index contributed by atoms with van der Waals surface area (Å²) in [6.45, 7) is 12.4. The van der Waals surface area contributed by atoms with Gasteiger partial charge < -0.3 is 18.6 Å². The van der Waals surface area contributed by atoms with Crippen LogP contribution in [-0.2, 0) is 13.1 Å². The minimum absolute atomic E-state index is 0.635. The molecule has 0 saturated heterocycles. The average Bonchev–Trinajstić information content (AvgIpc) is 2.66. The predicted molar refractivity (Wildman–Crippen MR) is 356 cm³/mol. The van der Waals surface area contributed by atoms with Gasteiger partial charge in [0, 0.05) is 69.1 Å². The molecule has 0 aliphatic heterocycles. The second-order valence-electron chi connectivity index (χ2n) is 22.8. The molecule has 0 fully saturated rings. The quantitative estimate of drug-likeness (QED) is 0.0421. The van der Waals surface area contributed by atoms with E-state index in [1.807, 2.05) is 9.36 Å². The van der Waals surface area contributed by atoms with Crippen LogP contribution in [0.3, 0.4) is 0 Å². The third-order valence-corrected chi connectivity index (χ3v) is 16.7. The Labute approximate surface area is 498 Å². The van der Waals surface area contributed by atoms with Crippen molar-refractivity contribution in [2.24, 2.45) is 0 Å². The maximum atomic E-state index is 6.41. The Balaban J connectivity index is 0.788. The van der Waals surface area contributed by atoms with Gasteiger partial charge in [-0.05, 0) is 132 Å². The molecule has 0 bridgehead atoms. The van der Waals surface area contributed by atoms with Gasteiger partial charge in [-0.3, -0.25) is 0 Å². The first-order valence-corrected chi connectivity index (χ1v) is 31.6. The van der Waals surface area contributed by atoms with E-state index in [0.717, 1.165) is 72.4 Å². The Morgan fingerprint density at radius 2 is 0.714 bits per heavy atom. The molecule has 0 radical (unpaired) electrons. The third-order valence-electron chi connectivity index (χ3n) is 16.7. The van der Waals surface area contributed by atoms with Crippen molar-refractivity contribution < 1.29 is 9.47 Å². The number of nitrogens with zero attached hydrogens (tertiary/aromatic N) is 6. The number of benzene rings is 7. The highest BCUT2D eigenvalue weighted by Crippen LogP contribution is 2.36. The molecule has 7 aromatic carbocycles. The van der Waals surface area contributed by atoms with Gasteiger partial charge in [-0.25, -0.2) is 9.36 Å². The molecule has 0 spiro atoms. The molecular weight excluding hydrogens is 1030 g/mol. The van der Waals surface area contributed by atoms with Crippen molar-refractivity contribution in [3.63, 3.8) is 0 Å². The Hall–Kier alpha value is -8.36. The van der Waals surface area contributed by atoms with Gasteiger partial charge in [-0.15, -0.1) is 10.2 Å². The number of hydrogen-bond acceptors (Lipinski definition) is 4. The Morgan fingerprint density at radius 1 is 0.345 bits per heavy atom. The average molecular weight is 1110 g/mol. The van der Waals surface area contributed by atoms with Crippen molar-refractivity contribution in [1.29, 1.82) is 0 Å². The molecule has 0 N–H and O–H groups in total. The first-order valence-electron chi connectivity index (χ1n) is 31.6. The molecule has 4 aromatic heterocycles. The van der Waals surface area contributed by atoms with E-state index in [4.69, 9.17) is 19.7 Å². The summed E-state index contributed by atoms with van der Waals surface area (Å²) in [5.41, 5.74) is 16.1. The topological polar surface area (TPSA) is 64.0 Å². The summed E-state index contributed by atoms with van der Waals surface area (Å²) in [6, 6.07) is 57.8. The molecule has 0 unspecified atom stereocenters. The molecular formula is C76H84N6O2. The SMILES string of the molecule is CCCCCCOc1nn(-c2ccc(-c3ccc4c(c3)c3ccccc3n4CCCCCC)cc2)cc1/C=C/c1ccc(/C=C/c2cn(-c3ccc(-c4ccc5c(c4)c4ccccc4n5CCCCCC)cc3)nc2OCCCCCC)cc1. The zero-order valence-electron chi connectivity index (χ0n) is 50.1. The van der Waals surface area contributed by atoms with Crippen molar-refractivity contribution in [3.05, 3.63) is 192 Å². The summed E-state index contributed by atoms with van der Waals surface area (Å²) in [7, 11) is 0. The molecule has 0 saturated carbocycles. The lowest BCUT2D eigenvalue weighted by atomic mass is 10.0. The largest absolute Gasteiger partial charge is 0.476 e. The zero-order valence-corrected chi connectivity index (χ0v) is 50.1. The number of aryl methyl sites for hydroxylation is 2. The van der Waals surface area contributed by atoms with E-state index in [9.17, 15) is 0 Å². The smallest absolute Gasteiger partial charge is 0.240 e. The molecule has 0 amide bonds.